The summed E-state index contributed by atoms with van der Waals surface area (Å²) < 4.78 is 0. The van der Waals surface area contributed by atoms with E-state index in [-0.39, 0.29) is 0 Å². The van der Waals surface area contributed by atoms with Crippen LogP contribution in [0.15, 0.2) is 0 Å². The van der Waals surface area contributed by atoms with E-state index in [0.29, 0.717) is 12.0 Å². The molecule has 0 saturated carbocycles. The highest BCUT2D eigenvalue weighted by molar-refractivity contribution is 7.15. The van der Waals surface area contributed by atoms with Crippen LogP contribution in [0.25, 0.3) is 0 Å². The third-order valence-corrected chi connectivity index (χ3v) is 4.50. The third kappa shape index (κ3) is 2.74. The normalized spacial score (nSPS) is 15.2. The van der Waals surface area contributed by atoms with E-state index < -0.39 is 6.10 Å². The lowest BCUT2D eigenvalue weighted by Crippen LogP contribution is -2.32. The van der Waals surface area contributed by atoms with Crippen molar-refractivity contribution < 1.29 is 5.11 Å². The summed E-state index contributed by atoms with van der Waals surface area (Å²) in [6, 6.07) is 0.451. The van der Waals surface area contributed by atoms with Crippen LogP contribution in [0.5, 0.6) is 0 Å². The molecule has 0 aliphatic rings. The average molecular weight is 242 g/mol. The number of thiazole rings is 1. The van der Waals surface area contributed by atoms with Crippen LogP contribution in [-0.2, 0) is 0 Å². The van der Waals surface area contributed by atoms with Gasteiger partial charge in [-0.1, -0.05) is 25.2 Å². The molecule has 1 rings (SSSR count). The zero-order valence-corrected chi connectivity index (χ0v) is 11.8. The molecule has 0 saturated heterocycles. The lowest BCUT2D eigenvalue weighted by Gasteiger charge is -2.27. The predicted octanol–water partition coefficient (Wildman–Crippen LogP) is 2.99. The summed E-state index contributed by atoms with van der Waals surface area (Å²) in [5.74, 6) is 0.587. The van der Waals surface area contributed by atoms with Crippen molar-refractivity contribution in [2.75, 3.05) is 11.9 Å². The minimum absolute atomic E-state index is 0.422. The van der Waals surface area contributed by atoms with Crippen molar-refractivity contribution in [2.24, 2.45) is 5.92 Å². The zero-order valence-electron chi connectivity index (χ0n) is 11.0. The third-order valence-electron chi connectivity index (χ3n) is 3.08. The van der Waals surface area contributed by atoms with Crippen LogP contribution in [0.4, 0.5) is 5.13 Å². The number of aliphatic hydroxyl groups excluding tert-OH is 1. The fourth-order valence-electron chi connectivity index (χ4n) is 1.55. The Morgan fingerprint density at radius 2 is 1.81 bits per heavy atom. The summed E-state index contributed by atoms with van der Waals surface area (Å²) in [6.07, 6.45) is -0.422. The number of hydrogen-bond acceptors (Lipinski definition) is 4. The van der Waals surface area contributed by atoms with E-state index in [1.807, 2.05) is 6.92 Å². The molecule has 0 spiro atoms. The van der Waals surface area contributed by atoms with E-state index in [2.05, 4.69) is 37.7 Å². The molecule has 0 amide bonds. The van der Waals surface area contributed by atoms with E-state index in [4.69, 9.17) is 0 Å². The van der Waals surface area contributed by atoms with Crippen LogP contribution in [0, 0.1) is 12.8 Å². The average Bonchev–Trinajstić information content (AvgIpc) is 2.58. The van der Waals surface area contributed by atoms with Gasteiger partial charge < -0.3 is 10.0 Å². The molecule has 0 aliphatic heterocycles. The zero-order chi connectivity index (χ0) is 12.5. The second kappa shape index (κ2) is 5.15. The molecular formula is C12H22N2OS. The van der Waals surface area contributed by atoms with Gasteiger partial charge in [-0.15, -0.1) is 0 Å². The molecule has 16 heavy (non-hydrogen) atoms. The van der Waals surface area contributed by atoms with Gasteiger partial charge in [0, 0.05) is 13.1 Å². The molecule has 0 radical (unpaired) electrons. The summed E-state index contributed by atoms with van der Waals surface area (Å²) in [4.78, 5) is 7.68. The van der Waals surface area contributed by atoms with Crippen molar-refractivity contribution in [1.82, 2.24) is 4.98 Å². The maximum Gasteiger partial charge on any atom is 0.185 e. The van der Waals surface area contributed by atoms with Gasteiger partial charge in [-0.05, 0) is 26.7 Å². The maximum atomic E-state index is 9.60. The van der Waals surface area contributed by atoms with Crippen LogP contribution in [0.3, 0.4) is 0 Å². The Balaban J connectivity index is 2.93. The van der Waals surface area contributed by atoms with Gasteiger partial charge in [0.2, 0.25) is 0 Å². The Morgan fingerprint density at radius 1 is 1.25 bits per heavy atom. The SMILES string of the molecule is Cc1nc(N(C)C(C)C(C)C)sc1C(C)O. The molecule has 1 aromatic heterocycles. The number of aromatic nitrogens is 1. The fraction of sp³-hybridized carbons (Fsp3) is 0.750. The van der Waals surface area contributed by atoms with Crippen LogP contribution in [-0.4, -0.2) is 23.2 Å². The number of aryl methyl sites for hydroxylation is 1. The van der Waals surface area contributed by atoms with E-state index in [1.165, 1.54) is 0 Å². The van der Waals surface area contributed by atoms with E-state index in [1.54, 1.807) is 18.3 Å². The maximum absolute atomic E-state index is 9.60. The van der Waals surface area contributed by atoms with Crippen LogP contribution in [0.1, 0.15) is 44.4 Å². The number of aliphatic hydroxyl groups is 1. The molecule has 0 aliphatic carbocycles. The van der Waals surface area contributed by atoms with Gasteiger partial charge in [0.15, 0.2) is 5.13 Å². The summed E-state index contributed by atoms with van der Waals surface area (Å²) in [6.45, 7) is 10.4. The minimum Gasteiger partial charge on any atom is -0.388 e. The van der Waals surface area contributed by atoms with Gasteiger partial charge in [0.1, 0.15) is 0 Å². The van der Waals surface area contributed by atoms with Crippen molar-refractivity contribution in [2.45, 2.75) is 46.8 Å². The highest BCUT2D eigenvalue weighted by Crippen LogP contribution is 2.31. The highest BCUT2D eigenvalue weighted by Gasteiger charge is 2.19. The van der Waals surface area contributed by atoms with E-state index in [0.717, 1.165) is 15.7 Å². The van der Waals surface area contributed by atoms with E-state index in [9.17, 15) is 5.11 Å². The molecule has 1 N–H and O–H groups in total. The van der Waals surface area contributed by atoms with Gasteiger partial charge in [-0.25, -0.2) is 4.98 Å². The number of anilines is 1. The molecule has 0 bridgehead atoms. The second-order valence-electron chi connectivity index (χ2n) is 4.72. The summed E-state index contributed by atoms with van der Waals surface area (Å²) >= 11 is 1.59. The van der Waals surface area contributed by atoms with E-state index >= 15 is 0 Å². The molecule has 0 aromatic carbocycles. The molecule has 3 nitrogen and oxygen atoms in total. The first-order valence-corrected chi connectivity index (χ1v) is 6.54. The smallest absolute Gasteiger partial charge is 0.185 e. The largest absolute Gasteiger partial charge is 0.388 e. The lowest BCUT2D eigenvalue weighted by molar-refractivity contribution is 0.202. The van der Waals surface area contributed by atoms with Crippen LogP contribution >= 0.6 is 11.3 Å². The number of rotatable bonds is 4. The second-order valence-corrected chi connectivity index (χ2v) is 5.73. The van der Waals surface area contributed by atoms with Crippen molar-refractivity contribution in [1.29, 1.82) is 0 Å². The monoisotopic (exact) mass is 242 g/mol. The summed E-state index contributed by atoms with van der Waals surface area (Å²) in [7, 11) is 2.06. The van der Waals surface area contributed by atoms with Crippen LogP contribution < -0.4 is 4.90 Å². The lowest BCUT2D eigenvalue weighted by atomic mass is 10.1. The van der Waals surface area contributed by atoms with Gasteiger partial charge in [0.05, 0.1) is 16.7 Å². The Kier molecular flexibility index (Phi) is 4.33. The Labute approximate surface area is 102 Å². The predicted molar refractivity (Wildman–Crippen MR) is 70.2 cm³/mol. The van der Waals surface area contributed by atoms with Crippen molar-refractivity contribution in [3.05, 3.63) is 10.6 Å². The number of nitrogens with zero attached hydrogens (tertiary/aromatic N) is 2. The molecule has 4 heteroatoms. The van der Waals surface area contributed by atoms with Crippen molar-refractivity contribution in [3.63, 3.8) is 0 Å². The van der Waals surface area contributed by atoms with Gasteiger partial charge in [0.25, 0.3) is 0 Å². The van der Waals surface area contributed by atoms with Gasteiger partial charge >= 0.3 is 0 Å². The first-order chi connectivity index (χ1) is 7.34. The Morgan fingerprint density at radius 3 is 2.19 bits per heavy atom. The topological polar surface area (TPSA) is 36.4 Å². The van der Waals surface area contributed by atoms with Crippen molar-refractivity contribution in [3.8, 4) is 0 Å². The Hall–Kier alpha value is -0.610. The molecular weight excluding hydrogens is 220 g/mol. The number of hydrogen-bond donors (Lipinski definition) is 1. The Bertz CT molecular complexity index is 347. The molecule has 2 atom stereocenters. The molecule has 92 valence electrons. The summed E-state index contributed by atoms with van der Waals surface area (Å²) in [5.41, 5.74) is 0.942. The molecule has 0 fully saturated rings. The standard InChI is InChI=1S/C12H22N2OS/c1-7(2)9(4)14(6)12-13-8(3)11(16-12)10(5)15/h7,9-10,15H,1-6H3. The van der Waals surface area contributed by atoms with Gasteiger partial charge in [-0.3, -0.25) is 0 Å². The molecule has 1 aromatic rings. The summed E-state index contributed by atoms with van der Waals surface area (Å²) in [5, 5.41) is 10.6. The highest BCUT2D eigenvalue weighted by atomic mass is 32.1. The first kappa shape index (κ1) is 13.5. The molecule has 1 heterocycles. The fourth-order valence-corrected chi connectivity index (χ4v) is 2.61. The van der Waals surface area contributed by atoms with Gasteiger partial charge in [-0.2, -0.15) is 0 Å². The van der Waals surface area contributed by atoms with Crippen molar-refractivity contribution >= 4 is 16.5 Å². The van der Waals surface area contributed by atoms with Crippen LogP contribution in [0.2, 0.25) is 0 Å². The molecule has 2 unspecified atom stereocenters. The first-order valence-electron chi connectivity index (χ1n) is 5.72. The minimum atomic E-state index is -0.422. The quantitative estimate of drug-likeness (QED) is 0.882.